The van der Waals surface area contributed by atoms with Crippen LogP contribution in [0.4, 0.5) is 17.6 Å². The van der Waals surface area contributed by atoms with Gasteiger partial charge in [-0.25, -0.2) is 4.39 Å². The molecule has 0 amide bonds. The van der Waals surface area contributed by atoms with Crippen molar-refractivity contribution in [2.24, 2.45) is 0 Å². The maximum absolute atomic E-state index is 13.4. The van der Waals surface area contributed by atoms with E-state index in [0.717, 1.165) is 17.8 Å². The first-order valence-electron chi connectivity index (χ1n) is 5.65. The number of hydrogen-bond acceptors (Lipinski definition) is 5. The fourth-order valence-electron chi connectivity index (χ4n) is 1.42. The van der Waals surface area contributed by atoms with Gasteiger partial charge < -0.3 is 14.9 Å². The molecule has 21 heavy (non-hydrogen) atoms. The summed E-state index contributed by atoms with van der Waals surface area (Å²) in [4.78, 5) is 10.7. The smallest absolute Gasteiger partial charge is 0.403 e. The van der Waals surface area contributed by atoms with E-state index in [9.17, 15) is 32.6 Å². The summed E-state index contributed by atoms with van der Waals surface area (Å²) in [6.07, 6.45) is -7.93. The summed E-state index contributed by atoms with van der Waals surface area (Å²) in [7, 11) is 0. The fourth-order valence-corrected chi connectivity index (χ4v) is 2.01. The van der Waals surface area contributed by atoms with Crippen LogP contribution in [0.3, 0.4) is 0 Å². The van der Waals surface area contributed by atoms with E-state index in [-0.39, 0.29) is 16.4 Å². The molecule has 4 nitrogen and oxygen atoms in total. The Labute approximate surface area is 121 Å². The van der Waals surface area contributed by atoms with Gasteiger partial charge in [-0.2, -0.15) is 0 Å². The van der Waals surface area contributed by atoms with Gasteiger partial charge in [0.05, 0.1) is 6.10 Å². The molecule has 0 aliphatic carbocycles. The molecule has 2 atom stereocenters. The van der Waals surface area contributed by atoms with Gasteiger partial charge in [0, 0.05) is 12.7 Å². The minimum Gasteiger partial charge on any atom is -0.403 e. The highest BCUT2D eigenvalue weighted by atomic mass is 32.2. The summed E-state index contributed by atoms with van der Waals surface area (Å²) in [5.41, 5.74) is -0.126. The van der Waals surface area contributed by atoms with Gasteiger partial charge in [-0.1, -0.05) is 17.8 Å². The largest absolute Gasteiger partial charge is 0.573 e. The van der Waals surface area contributed by atoms with Crippen molar-refractivity contribution in [3.8, 4) is 5.75 Å². The zero-order valence-corrected chi connectivity index (χ0v) is 11.5. The van der Waals surface area contributed by atoms with Gasteiger partial charge in [0.1, 0.15) is 6.10 Å². The van der Waals surface area contributed by atoms with E-state index < -0.39 is 30.1 Å². The van der Waals surface area contributed by atoms with Gasteiger partial charge in [-0.05, 0) is 17.7 Å². The molecule has 1 aromatic carbocycles. The monoisotopic (exact) mass is 328 g/mol. The van der Waals surface area contributed by atoms with Crippen LogP contribution in [0.5, 0.6) is 5.75 Å². The summed E-state index contributed by atoms with van der Waals surface area (Å²) in [6.45, 7) is 1.27. The molecule has 0 aromatic heterocycles. The molecule has 0 spiro atoms. The molecule has 1 rings (SSSR count). The molecule has 0 heterocycles. The van der Waals surface area contributed by atoms with Crippen LogP contribution in [-0.2, 0) is 4.79 Å². The molecule has 0 fully saturated rings. The van der Waals surface area contributed by atoms with Crippen LogP contribution in [0.2, 0.25) is 0 Å². The average molecular weight is 328 g/mol. The van der Waals surface area contributed by atoms with E-state index in [2.05, 4.69) is 4.74 Å². The van der Waals surface area contributed by atoms with Crippen LogP contribution in [0.1, 0.15) is 18.6 Å². The molecule has 2 unspecified atom stereocenters. The second-order valence-corrected chi connectivity index (χ2v) is 5.25. The first kappa shape index (κ1) is 17.7. The Hall–Kier alpha value is -1.32. The number of aliphatic hydroxyl groups is 2. The third-order valence-corrected chi connectivity index (χ3v) is 3.26. The second-order valence-electron chi connectivity index (χ2n) is 4.05. The highest BCUT2D eigenvalue weighted by Gasteiger charge is 2.32. The van der Waals surface area contributed by atoms with Gasteiger partial charge in [-0.3, -0.25) is 4.79 Å². The Morgan fingerprint density at radius 1 is 1.38 bits per heavy atom. The maximum Gasteiger partial charge on any atom is 0.573 e. The first-order chi connectivity index (χ1) is 9.60. The number of benzene rings is 1. The Bertz CT molecular complexity index is 507. The van der Waals surface area contributed by atoms with Crippen molar-refractivity contribution in [1.82, 2.24) is 0 Å². The van der Waals surface area contributed by atoms with E-state index in [0.29, 0.717) is 12.1 Å². The highest BCUT2D eigenvalue weighted by Crippen LogP contribution is 2.29. The third-order valence-electron chi connectivity index (χ3n) is 2.34. The van der Waals surface area contributed by atoms with Crippen molar-refractivity contribution >= 4 is 16.9 Å². The number of halogens is 4. The third kappa shape index (κ3) is 5.90. The topological polar surface area (TPSA) is 66.8 Å². The van der Waals surface area contributed by atoms with E-state index in [1.807, 2.05) is 0 Å². The van der Waals surface area contributed by atoms with Crippen LogP contribution in [0.15, 0.2) is 18.2 Å². The summed E-state index contributed by atoms with van der Waals surface area (Å²) < 4.78 is 52.8. The minimum atomic E-state index is -5.03. The Kier molecular flexibility index (Phi) is 5.99. The summed E-state index contributed by atoms with van der Waals surface area (Å²) in [6, 6.07) is 2.33. The molecule has 0 saturated carbocycles. The second kappa shape index (κ2) is 7.10. The van der Waals surface area contributed by atoms with Gasteiger partial charge in [0.15, 0.2) is 16.7 Å². The number of hydrogen-bond donors (Lipinski definition) is 2. The molecule has 0 aliphatic rings. The lowest BCUT2D eigenvalue weighted by atomic mass is 10.1. The average Bonchev–Trinajstić information content (AvgIpc) is 2.36. The molecule has 0 aliphatic heterocycles. The van der Waals surface area contributed by atoms with Crippen LogP contribution in [0.25, 0.3) is 0 Å². The number of thioether (sulfide) groups is 1. The van der Waals surface area contributed by atoms with Crippen molar-refractivity contribution in [1.29, 1.82) is 0 Å². The van der Waals surface area contributed by atoms with Gasteiger partial charge in [-0.15, -0.1) is 13.2 Å². The lowest BCUT2D eigenvalue weighted by molar-refractivity contribution is -0.275. The van der Waals surface area contributed by atoms with Crippen molar-refractivity contribution < 1.29 is 37.3 Å². The highest BCUT2D eigenvalue weighted by molar-refractivity contribution is 8.13. The number of carbonyl (C=O) groups excluding carboxylic acids is 1. The van der Waals surface area contributed by atoms with Crippen LogP contribution in [-0.4, -0.2) is 33.5 Å². The molecule has 0 saturated heterocycles. The lowest BCUT2D eigenvalue weighted by Gasteiger charge is -2.18. The number of rotatable bonds is 5. The van der Waals surface area contributed by atoms with Gasteiger partial charge >= 0.3 is 6.36 Å². The number of ether oxygens (including phenoxy) is 1. The molecule has 1 aromatic rings. The summed E-state index contributed by atoms with van der Waals surface area (Å²) in [5.74, 6) is -2.49. The number of aliphatic hydroxyl groups excluding tert-OH is 2. The Balaban J connectivity index is 2.80. The normalized spacial score (nSPS) is 14.6. The zero-order valence-electron chi connectivity index (χ0n) is 10.7. The van der Waals surface area contributed by atoms with Crippen LogP contribution in [0, 0.1) is 5.82 Å². The predicted molar refractivity (Wildman–Crippen MR) is 67.2 cm³/mol. The Morgan fingerprint density at radius 2 is 2.00 bits per heavy atom. The molecule has 2 N–H and O–H groups in total. The standard InChI is InChI=1S/C12H12F4O4S/c1-6(17)21-5-9(18)11(19)7-2-3-10(8(13)4-7)20-12(14,15)16/h2-4,9,11,18-19H,5H2,1H3. The molecule has 9 heteroatoms. The molecule has 0 radical (unpaired) electrons. The molecule has 0 bridgehead atoms. The Morgan fingerprint density at radius 3 is 2.48 bits per heavy atom. The lowest BCUT2D eigenvalue weighted by Crippen LogP contribution is -2.22. The predicted octanol–water partition coefficient (Wildman–Crippen LogP) is 2.40. The molecular formula is C12H12F4O4S. The quantitative estimate of drug-likeness (QED) is 0.813. The number of alkyl halides is 3. The summed E-state index contributed by atoms with van der Waals surface area (Å²) >= 11 is 0.761. The van der Waals surface area contributed by atoms with E-state index >= 15 is 0 Å². The van der Waals surface area contributed by atoms with Crippen LogP contribution >= 0.6 is 11.8 Å². The van der Waals surface area contributed by atoms with E-state index in [1.165, 1.54) is 6.92 Å². The minimum absolute atomic E-state index is 0.126. The van der Waals surface area contributed by atoms with Crippen molar-refractivity contribution in [3.05, 3.63) is 29.6 Å². The molecular weight excluding hydrogens is 316 g/mol. The van der Waals surface area contributed by atoms with Crippen molar-refractivity contribution in [2.45, 2.75) is 25.5 Å². The van der Waals surface area contributed by atoms with Gasteiger partial charge in [0.25, 0.3) is 0 Å². The summed E-state index contributed by atoms with van der Waals surface area (Å²) in [5, 5.41) is 19.1. The van der Waals surface area contributed by atoms with Crippen molar-refractivity contribution in [2.75, 3.05) is 5.75 Å². The zero-order chi connectivity index (χ0) is 16.2. The molecule has 118 valence electrons. The van der Waals surface area contributed by atoms with E-state index in [4.69, 9.17) is 0 Å². The number of carbonyl (C=O) groups is 1. The first-order valence-corrected chi connectivity index (χ1v) is 6.63. The fraction of sp³-hybridized carbons (Fsp3) is 0.417. The SMILES string of the molecule is CC(=O)SCC(O)C(O)c1ccc(OC(F)(F)F)c(F)c1. The van der Waals surface area contributed by atoms with Gasteiger partial charge in [0.2, 0.25) is 0 Å². The van der Waals surface area contributed by atoms with Crippen molar-refractivity contribution in [3.63, 3.8) is 0 Å². The van der Waals surface area contributed by atoms with E-state index in [1.54, 1.807) is 0 Å². The van der Waals surface area contributed by atoms with Crippen LogP contribution < -0.4 is 4.74 Å². The maximum atomic E-state index is 13.4.